The largest absolute Gasteiger partial charge is 0.490 e. The van der Waals surface area contributed by atoms with Gasteiger partial charge in [-0.25, -0.2) is 0 Å². The summed E-state index contributed by atoms with van der Waals surface area (Å²) in [7, 11) is 3.72. The Labute approximate surface area is 109 Å². The summed E-state index contributed by atoms with van der Waals surface area (Å²) in [5.41, 5.74) is 7.09. The van der Waals surface area contributed by atoms with Gasteiger partial charge in [-0.2, -0.15) is 0 Å². The molecule has 102 valence electrons. The maximum atomic E-state index is 6.00. The average Bonchev–Trinajstić information content (AvgIpc) is 2.34. The summed E-state index contributed by atoms with van der Waals surface area (Å²) in [6, 6.07) is 1.93. The van der Waals surface area contributed by atoms with Crippen LogP contribution in [0.1, 0.15) is 5.56 Å². The van der Waals surface area contributed by atoms with Gasteiger partial charge in [0.15, 0.2) is 0 Å². The van der Waals surface area contributed by atoms with E-state index in [4.69, 9.17) is 15.2 Å². The molecule has 18 heavy (non-hydrogen) atoms. The summed E-state index contributed by atoms with van der Waals surface area (Å²) in [5, 5.41) is 0. The van der Waals surface area contributed by atoms with Crippen molar-refractivity contribution in [2.45, 2.75) is 13.0 Å². The quantitative estimate of drug-likeness (QED) is 0.738. The number of methoxy groups -OCH3 is 1. The van der Waals surface area contributed by atoms with Crippen LogP contribution < -0.4 is 10.5 Å². The lowest BCUT2D eigenvalue weighted by Gasteiger charge is -2.21. The Balaban J connectivity index is 2.26. The lowest BCUT2D eigenvalue weighted by atomic mass is 10.3. The van der Waals surface area contributed by atoms with Crippen LogP contribution in [0, 0.1) is 6.92 Å². The van der Waals surface area contributed by atoms with Crippen molar-refractivity contribution in [3.8, 4) is 5.75 Å². The molecule has 0 saturated heterocycles. The molecule has 1 heterocycles. The second-order valence-electron chi connectivity index (χ2n) is 4.52. The molecule has 5 nitrogen and oxygen atoms in total. The molecule has 0 saturated carbocycles. The van der Waals surface area contributed by atoms with E-state index in [2.05, 4.69) is 9.88 Å². The standard InChI is InChI=1S/C13H23N3O2/c1-11-6-13(8-15-7-11)18-10-12(14)9-16(2)4-5-17-3/h6-8,12H,4-5,9-10,14H2,1-3H3. The van der Waals surface area contributed by atoms with E-state index in [1.54, 1.807) is 19.5 Å². The van der Waals surface area contributed by atoms with E-state index in [1.807, 2.05) is 20.0 Å². The van der Waals surface area contributed by atoms with E-state index >= 15 is 0 Å². The molecular formula is C13H23N3O2. The summed E-state index contributed by atoms with van der Waals surface area (Å²) in [5.74, 6) is 0.769. The van der Waals surface area contributed by atoms with Gasteiger partial charge in [0.1, 0.15) is 12.4 Å². The first-order chi connectivity index (χ1) is 8.61. The number of ether oxygens (including phenoxy) is 2. The summed E-state index contributed by atoms with van der Waals surface area (Å²) in [6.07, 6.45) is 3.50. The zero-order chi connectivity index (χ0) is 13.4. The molecule has 0 aliphatic heterocycles. The molecule has 2 N–H and O–H groups in total. The molecule has 0 aliphatic carbocycles. The minimum atomic E-state index is -0.0210. The van der Waals surface area contributed by atoms with Crippen LogP contribution in [-0.4, -0.2) is 56.4 Å². The van der Waals surface area contributed by atoms with Crippen LogP contribution in [0.2, 0.25) is 0 Å². The second-order valence-corrected chi connectivity index (χ2v) is 4.52. The third-order valence-corrected chi connectivity index (χ3v) is 2.54. The molecule has 1 rings (SSSR count). The summed E-state index contributed by atoms with van der Waals surface area (Å²) >= 11 is 0. The maximum Gasteiger partial charge on any atom is 0.137 e. The van der Waals surface area contributed by atoms with Crippen molar-refractivity contribution in [1.82, 2.24) is 9.88 Å². The van der Waals surface area contributed by atoms with Gasteiger partial charge in [-0.05, 0) is 25.6 Å². The summed E-state index contributed by atoms with van der Waals surface area (Å²) < 4.78 is 10.6. The Morgan fingerprint density at radius 2 is 2.22 bits per heavy atom. The highest BCUT2D eigenvalue weighted by Gasteiger charge is 2.07. The Hall–Kier alpha value is -1.17. The molecule has 0 radical (unpaired) electrons. The number of hydrogen-bond acceptors (Lipinski definition) is 5. The number of rotatable bonds is 8. The van der Waals surface area contributed by atoms with E-state index in [1.165, 1.54) is 0 Å². The first-order valence-electron chi connectivity index (χ1n) is 6.09. The molecule has 0 aliphatic rings. The van der Waals surface area contributed by atoms with Crippen molar-refractivity contribution in [2.75, 3.05) is 40.5 Å². The van der Waals surface area contributed by atoms with Crippen LogP contribution >= 0.6 is 0 Å². The highest BCUT2D eigenvalue weighted by molar-refractivity contribution is 5.22. The van der Waals surface area contributed by atoms with Crippen LogP contribution in [0.25, 0.3) is 0 Å². The topological polar surface area (TPSA) is 60.6 Å². The number of nitrogens with zero attached hydrogens (tertiary/aromatic N) is 2. The summed E-state index contributed by atoms with van der Waals surface area (Å²) in [6.45, 7) is 4.84. The first-order valence-corrected chi connectivity index (χ1v) is 6.09. The average molecular weight is 253 g/mol. The van der Waals surface area contributed by atoms with Gasteiger partial charge < -0.3 is 20.1 Å². The SMILES string of the molecule is COCCN(C)CC(N)COc1cncc(C)c1. The number of hydrogen-bond donors (Lipinski definition) is 1. The van der Waals surface area contributed by atoms with E-state index in [9.17, 15) is 0 Å². The van der Waals surface area contributed by atoms with Crippen LogP contribution in [-0.2, 0) is 4.74 Å². The zero-order valence-corrected chi connectivity index (χ0v) is 11.4. The third-order valence-electron chi connectivity index (χ3n) is 2.54. The minimum absolute atomic E-state index is 0.0210. The molecule has 1 atom stereocenters. The molecule has 5 heteroatoms. The monoisotopic (exact) mass is 253 g/mol. The Kier molecular flexibility index (Phi) is 6.64. The molecule has 0 fully saturated rings. The van der Waals surface area contributed by atoms with Gasteiger partial charge in [0.05, 0.1) is 18.8 Å². The minimum Gasteiger partial charge on any atom is -0.490 e. The highest BCUT2D eigenvalue weighted by atomic mass is 16.5. The van der Waals surface area contributed by atoms with Gasteiger partial charge in [-0.3, -0.25) is 4.98 Å². The van der Waals surface area contributed by atoms with E-state index in [0.29, 0.717) is 13.2 Å². The van der Waals surface area contributed by atoms with Gasteiger partial charge in [-0.1, -0.05) is 0 Å². The second kappa shape index (κ2) is 8.02. The zero-order valence-electron chi connectivity index (χ0n) is 11.4. The number of nitrogens with two attached hydrogens (primary N) is 1. The smallest absolute Gasteiger partial charge is 0.137 e. The van der Waals surface area contributed by atoms with Crippen LogP contribution in [0.5, 0.6) is 5.75 Å². The molecular weight excluding hydrogens is 230 g/mol. The van der Waals surface area contributed by atoms with Crippen molar-refractivity contribution in [1.29, 1.82) is 0 Å². The number of likely N-dealkylation sites (N-methyl/N-ethyl adjacent to an activating group) is 1. The lowest BCUT2D eigenvalue weighted by molar-refractivity contribution is 0.152. The highest BCUT2D eigenvalue weighted by Crippen LogP contribution is 2.10. The normalized spacial score (nSPS) is 12.7. The Morgan fingerprint density at radius 1 is 1.44 bits per heavy atom. The van der Waals surface area contributed by atoms with Crippen molar-refractivity contribution in [2.24, 2.45) is 5.73 Å². The van der Waals surface area contributed by atoms with Gasteiger partial charge in [-0.15, -0.1) is 0 Å². The van der Waals surface area contributed by atoms with Crippen molar-refractivity contribution in [3.63, 3.8) is 0 Å². The fourth-order valence-corrected chi connectivity index (χ4v) is 1.60. The molecule has 0 spiro atoms. The predicted octanol–water partition coefficient (Wildman–Crippen LogP) is 0.674. The van der Waals surface area contributed by atoms with Crippen molar-refractivity contribution in [3.05, 3.63) is 24.0 Å². The predicted molar refractivity (Wildman–Crippen MR) is 71.8 cm³/mol. The van der Waals surface area contributed by atoms with Crippen LogP contribution in [0.15, 0.2) is 18.5 Å². The first kappa shape index (κ1) is 14.9. The molecule has 1 aromatic rings. The fraction of sp³-hybridized carbons (Fsp3) is 0.615. The molecule has 1 unspecified atom stereocenters. The third kappa shape index (κ3) is 5.95. The number of aromatic nitrogens is 1. The maximum absolute atomic E-state index is 6.00. The molecule has 0 aromatic carbocycles. The van der Waals surface area contributed by atoms with E-state index in [0.717, 1.165) is 24.4 Å². The van der Waals surface area contributed by atoms with Gasteiger partial charge in [0.25, 0.3) is 0 Å². The van der Waals surface area contributed by atoms with Gasteiger partial charge >= 0.3 is 0 Å². The van der Waals surface area contributed by atoms with Gasteiger partial charge in [0, 0.05) is 26.4 Å². The molecule has 0 amide bonds. The Morgan fingerprint density at radius 3 is 2.89 bits per heavy atom. The number of pyridine rings is 1. The van der Waals surface area contributed by atoms with Gasteiger partial charge in [0.2, 0.25) is 0 Å². The fourth-order valence-electron chi connectivity index (χ4n) is 1.60. The van der Waals surface area contributed by atoms with Crippen molar-refractivity contribution >= 4 is 0 Å². The Bertz CT molecular complexity index is 347. The lowest BCUT2D eigenvalue weighted by Crippen LogP contribution is -2.40. The van der Waals surface area contributed by atoms with Crippen molar-refractivity contribution < 1.29 is 9.47 Å². The molecule has 1 aromatic heterocycles. The van der Waals surface area contributed by atoms with Crippen LogP contribution in [0.4, 0.5) is 0 Å². The van der Waals surface area contributed by atoms with E-state index in [-0.39, 0.29) is 6.04 Å². The van der Waals surface area contributed by atoms with Crippen LogP contribution in [0.3, 0.4) is 0 Å². The molecule has 0 bridgehead atoms. The summed E-state index contributed by atoms with van der Waals surface area (Å²) in [4.78, 5) is 6.20. The number of aryl methyl sites for hydroxylation is 1. The van der Waals surface area contributed by atoms with E-state index < -0.39 is 0 Å².